The number of carbonyl (C=O) groups excluding carboxylic acids is 2. The summed E-state index contributed by atoms with van der Waals surface area (Å²) in [7, 11) is 0. The van der Waals surface area contributed by atoms with Crippen molar-refractivity contribution in [1.82, 2.24) is 10.3 Å². The van der Waals surface area contributed by atoms with Crippen molar-refractivity contribution in [2.24, 2.45) is 5.41 Å². The van der Waals surface area contributed by atoms with Gasteiger partial charge in [0.1, 0.15) is 11.6 Å². The lowest BCUT2D eigenvalue weighted by atomic mass is 9.76. The van der Waals surface area contributed by atoms with Crippen LogP contribution in [0.25, 0.3) is 10.9 Å². The Morgan fingerprint density at radius 1 is 1.32 bits per heavy atom. The summed E-state index contributed by atoms with van der Waals surface area (Å²) in [4.78, 5) is 28.2. The van der Waals surface area contributed by atoms with Crippen molar-refractivity contribution in [2.45, 2.75) is 40.0 Å². The molecular weight excluding hydrogens is 359 g/mol. The maximum atomic E-state index is 13.5. The molecule has 2 N–H and O–H groups in total. The van der Waals surface area contributed by atoms with Crippen molar-refractivity contribution >= 4 is 22.6 Å². The van der Waals surface area contributed by atoms with Crippen molar-refractivity contribution < 1.29 is 18.4 Å². The summed E-state index contributed by atoms with van der Waals surface area (Å²) >= 11 is 0. The smallest absolute Gasteiger partial charge is 0.287 e. The quantitative estimate of drug-likeness (QED) is 0.705. The summed E-state index contributed by atoms with van der Waals surface area (Å²) in [5.41, 5.74) is 2.81. The molecular formula is C22H23FN2O3. The highest BCUT2D eigenvalue weighted by Gasteiger charge is 2.36. The molecule has 28 heavy (non-hydrogen) atoms. The maximum Gasteiger partial charge on any atom is 0.287 e. The van der Waals surface area contributed by atoms with E-state index in [1.54, 1.807) is 13.0 Å². The second kappa shape index (κ2) is 6.62. The molecule has 1 aliphatic carbocycles. The van der Waals surface area contributed by atoms with Gasteiger partial charge in [-0.2, -0.15) is 0 Å². The molecule has 0 spiro atoms. The van der Waals surface area contributed by atoms with Crippen LogP contribution >= 0.6 is 0 Å². The van der Waals surface area contributed by atoms with Crippen LogP contribution in [-0.4, -0.2) is 23.2 Å². The number of Topliss-reactive ketones (excluding diaryl/α,β-unsaturated/α-hetero) is 1. The Hall–Kier alpha value is -2.89. The van der Waals surface area contributed by atoms with Crippen molar-refractivity contribution in [3.8, 4) is 0 Å². The van der Waals surface area contributed by atoms with Gasteiger partial charge in [-0.05, 0) is 42.5 Å². The highest BCUT2D eigenvalue weighted by atomic mass is 19.1. The minimum Gasteiger partial charge on any atom is -0.455 e. The van der Waals surface area contributed by atoms with Crippen LogP contribution in [0.2, 0.25) is 0 Å². The number of furan rings is 1. The molecule has 3 aromatic rings. The zero-order valence-corrected chi connectivity index (χ0v) is 16.2. The number of ketones is 1. The number of aromatic amines is 1. The van der Waals surface area contributed by atoms with E-state index in [1.165, 1.54) is 12.1 Å². The van der Waals surface area contributed by atoms with Gasteiger partial charge < -0.3 is 14.7 Å². The first-order valence-electron chi connectivity index (χ1n) is 9.44. The summed E-state index contributed by atoms with van der Waals surface area (Å²) in [6.45, 7) is 6.19. The topological polar surface area (TPSA) is 75.1 Å². The molecule has 1 aromatic carbocycles. The summed E-state index contributed by atoms with van der Waals surface area (Å²) < 4.78 is 19.3. The fourth-order valence-corrected chi connectivity index (χ4v) is 4.05. The van der Waals surface area contributed by atoms with Gasteiger partial charge >= 0.3 is 0 Å². The fraction of sp³-hybridized carbons (Fsp3) is 0.364. The van der Waals surface area contributed by atoms with Gasteiger partial charge in [0.2, 0.25) is 0 Å². The van der Waals surface area contributed by atoms with Crippen molar-refractivity contribution in [3.63, 3.8) is 0 Å². The summed E-state index contributed by atoms with van der Waals surface area (Å²) in [6.07, 6.45) is 3.48. The van der Waals surface area contributed by atoms with Crippen LogP contribution in [0, 0.1) is 18.2 Å². The number of aromatic nitrogens is 1. The third-order valence-electron chi connectivity index (χ3n) is 5.39. The number of nitrogens with one attached hydrogen (secondary N) is 2. The Labute approximate surface area is 162 Å². The number of carbonyl (C=O) groups is 2. The lowest BCUT2D eigenvalue weighted by Crippen LogP contribution is -2.26. The van der Waals surface area contributed by atoms with E-state index in [-0.39, 0.29) is 28.7 Å². The highest BCUT2D eigenvalue weighted by Crippen LogP contribution is 2.38. The van der Waals surface area contributed by atoms with E-state index in [9.17, 15) is 14.0 Å². The summed E-state index contributed by atoms with van der Waals surface area (Å²) in [5, 5.41) is 3.66. The second-order valence-corrected chi connectivity index (χ2v) is 8.31. The largest absolute Gasteiger partial charge is 0.455 e. The van der Waals surface area contributed by atoms with Gasteiger partial charge in [0.15, 0.2) is 11.5 Å². The number of amides is 1. The number of benzene rings is 1. The number of hydrogen-bond donors (Lipinski definition) is 2. The molecule has 0 bridgehead atoms. The van der Waals surface area contributed by atoms with Crippen molar-refractivity contribution in [3.05, 3.63) is 58.4 Å². The first kappa shape index (κ1) is 18.5. The molecule has 2 aromatic heterocycles. The predicted molar refractivity (Wildman–Crippen MR) is 104 cm³/mol. The van der Waals surface area contributed by atoms with E-state index in [1.807, 2.05) is 20.0 Å². The van der Waals surface area contributed by atoms with Crippen molar-refractivity contribution in [1.29, 1.82) is 0 Å². The van der Waals surface area contributed by atoms with E-state index in [0.29, 0.717) is 42.7 Å². The van der Waals surface area contributed by atoms with Crippen LogP contribution in [0.4, 0.5) is 4.39 Å². The average Bonchev–Trinajstić information content (AvgIpc) is 3.14. The number of halogens is 1. The fourth-order valence-electron chi connectivity index (χ4n) is 4.05. The van der Waals surface area contributed by atoms with E-state index < -0.39 is 0 Å². The first-order valence-corrected chi connectivity index (χ1v) is 9.44. The van der Waals surface area contributed by atoms with Crippen LogP contribution in [-0.2, 0) is 12.8 Å². The van der Waals surface area contributed by atoms with Gasteiger partial charge in [0, 0.05) is 42.0 Å². The molecule has 4 rings (SSSR count). The SMILES string of the molecule is Cc1c(C(=O)NCCc2c[nH]c3ccc(F)cc23)oc2c1C(=O)CC(C)(C)C2. The van der Waals surface area contributed by atoms with Crippen LogP contribution in [0.15, 0.2) is 28.8 Å². The summed E-state index contributed by atoms with van der Waals surface area (Å²) in [6, 6.07) is 4.59. The van der Waals surface area contributed by atoms with Crippen LogP contribution in [0.5, 0.6) is 0 Å². The molecule has 0 atom stereocenters. The van der Waals surface area contributed by atoms with Crippen LogP contribution in [0.1, 0.15) is 58.1 Å². The summed E-state index contributed by atoms with van der Waals surface area (Å²) in [5.74, 6) is 0.231. The van der Waals surface area contributed by atoms with E-state index in [4.69, 9.17) is 4.42 Å². The lowest BCUT2D eigenvalue weighted by Gasteiger charge is -2.27. The van der Waals surface area contributed by atoms with Gasteiger partial charge in [-0.25, -0.2) is 4.39 Å². The number of H-pyrrole nitrogens is 1. The van der Waals surface area contributed by atoms with Crippen LogP contribution in [0.3, 0.4) is 0 Å². The Morgan fingerprint density at radius 2 is 2.11 bits per heavy atom. The van der Waals surface area contributed by atoms with Gasteiger partial charge in [-0.3, -0.25) is 9.59 Å². The Morgan fingerprint density at radius 3 is 2.89 bits per heavy atom. The van der Waals surface area contributed by atoms with Gasteiger partial charge in [0.25, 0.3) is 5.91 Å². The third kappa shape index (κ3) is 3.23. The van der Waals surface area contributed by atoms with E-state index in [0.717, 1.165) is 16.5 Å². The molecule has 0 saturated carbocycles. The molecule has 146 valence electrons. The monoisotopic (exact) mass is 382 g/mol. The zero-order chi connectivity index (χ0) is 20.1. The molecule has 2 heterocycles. The van der Waals surface area contributed by atoms with Crippen molar-refractivity contribution in [2.75, 3.05) is 6.54 Å². The molecule has 0 aliphatic heterocycles. The lowest BCUT2D eigenvalue weighted by molar-refractivity contribution is 0.0889. The standard InChI is InChI=1S/C22H23FN2O3/c1-12-19-17(26)9-22(2,3)10-18(19)28-20(12)21(27)24-7-6-13-11-25-16-5-4-14(23)8-15(13)16/h4-5,8,11,25H,6-7,9-10H2,1-3H3,(H,24,27). The Balaban J connectivity index is 1.47. The zero-order valence-electron chi connectivity index (χ0n) is 16.2. The minimum atomic E-state index is -0.330. The van der Waals surface area contributed by atoms with Crippen LogP contribution < -0.4 is 5.32 Å². The average molecular weight is 382 g/mol. The molecule has 0 fully saturated rings. The maximum absolute atomic E-state index is 13.5. The van der Waals surface area contributed by atoms with Gasteiger partial charge in [-0.15, -0.1) is 0 Å². The second-order valence-electron chi connectivity index (χ2n) is 8.31. The molecule has 1 aliphatic rings. The van der Waals surface area contributed by atoms with E-state index >= 15 is 0 Å². The molecule has 1 amide bonds. The Kier molecular flexibility index (Phi) is 4.37. The highest BCUT2D eigenvalue weighted by molar-refractivity contribution is 6.03. The minimum absolute atomic E-state index is 0.0346. The number of fused-ring (bicyclic) bond motifs is 2. The van der Waals surface area contributed by atoms with Gasteiger partial charge in [-0.1, -0.05) is 13.8 Å². The first-order chi connectivity index (χ1) is 13.2. The molecule has 0 saturated heterocycles. The predicted octanol–water partition coefficient (Wildman–Crippen LogP) is 4.34. The Bertz CT molecular complexity index is 1090. The molecule has 6 heteroatoms. The molecule has 0 radical (unpaired) electrons. The number of hydrogen-bond acceptors (Lipinski definition) is 3. The normalized spacial score (nSPS) is 15.6. The molecule has 5 nitrogen and oxygen atoms in total. The third-order valence-corrected chi connectivity index (χ3v) is 5.39. The number of rotatable bonds is 4. The van der Waals surface area contributed by atoms with Gasteiger partial charge in [0.05, 0.1) is 5.56 Å². The van der Waals surface area contributed by atoms with E-state index in [2.05, 4.69) is 10.3 Å². The molecule has 0 unspecified atom stereocenters.